The molecule has 0 radical (unpaired) electrons. The van der Waals surface area contributed by atoms with Crippen LogP contribution in [0.15, 0.2) is 18.2 Å². The second kappa shape index (κ2) is 5.54. The van der Waals surface area contributed by atoms with Crippen molar-refractivity contribution in [2.24, 2.45) is 5.73 Å². The first kappa shape index (κ1) is 13.3. The summed E-state index contributed by atoms with van der Waals surface area (Å²) in [5.74, 6) is -0.985. The Hall–Kier alpha value is -1.75. The quantitative estimate of drug-likeness (QED) is 0.798. The van der Waals surface area contributed by atoms with Crippen LogP contribution in [0.5, 0.6) is 0 Å². The lowest BCUT2D eigenvalue weighted by Gasteiger charge is -2.14. The lowest BCUT2D eigenvalue weighted by molar-refractivity contribution is -0.141. The summed E-state index contributed by atoms with van der Waals surface area (Å²) in [7, 11) is 1.29. The normalized spacial score (nSPS) is 11.7. The third-order valence-electron chi connectivity index (χ3n) is 2.18. The number of esters is 1. The molecule has 0 spiro atoms. The van der Waals surface area contributed by atoms with E-state index in [2.05, 4.69) is 10.1 Å². The van der Waals surface area contributed by atoms with Crippen LogP contribution in [0.1, 0.15) is 17.3 Å². The van der Waals surface area contributed by atoms with Crippen LogP contribution in [0.2, 0.25) is 5.02 Å². The monoisotopic (exact) mass is 256 g/mol. The van der Waals surface area contributed by atoms with E-state index in [0.29, 0.717) is 16.3 Å². The maximum atomic E-state index is 11.2. The molecule has 92 valence electrons. The maximum absolute atomic E-state index is 11.2. The van der Waals surface area contributed by atoms with Gasteiger partial charge >= 0.3 is 5.97 Å². The zero-order valence-electron chi connectivity index (χ0n) is 9.49. The molecule has 0 aliphatic heterocycles. The van der Waals surface area contributed by atoms with Crippen molar-refractivity contribution in [1.82, 2.24) is 0 Å². The highest BCUT2D eigenvalue weighted by Crippen LogP contribution is 2.23. The predicted molar refractivity (Wildman–Crippen MR) is 65.1 cm³/mol. The third kappa shape index (κ3) is 3.35. The number of halogens is 1. The molecule has 0 heterocycles. The molecule has 3 N–H and O–H groups in total. The van der Waals surface area contributed by atoms with E-state index in [9.17, 15) is 9.59 Å². The topological polar surface area (TPSA) is 81.4 Å². The van der Waals surface area contributed by atoms with Gasteiger partial charge in [0.2, 0.25) is 5.91 Å². The molecule has 0 aliphatic rings. The molecule has 6 heteroatoms. The first-order valence-electron chi connectivity index (χ1n) is 4.89. The number of amides is 1. The predicted octanol–water partition coefficient (Wildman–Crippen LogP) is 1.41. The van der Waals surface area contributed by atoms with Crippen LogP contribution in [0, 0.1) is 0 Å². The Morgan fingerprint density at radius 3 is 2.65 bits per heavy atom. The average molecular weight is 257 g/mol. The number of carbonyl (C=O) groups excluding carboxylic acids is 2. The number of benzene rings is 1. The summed E-state index contributed by atoms with van der Waals surface area (Å²) < 4.78 is 4.57. The number of hydrogen-bond donors (Lipinski definition) is 2. The zero-order chi connectivity index (χ0) is 13.0. The number of nitrogens with two attached hydrogens (primary N) is 1. The number of hydrogen-bond acceptors (Lipinski definition) is 4. The van der Waals surface area contributed by atoms with Gasteiger partial charge in [0.05, 0.1) is 17.8 Å². The fourth-order valence-electron chi connectivity index (χ4n) is 1.26. The SMILES string of the molecule is COC(=O)C(C)Nc1cc(C(N)=O)ccc1Cl. The van der Waals surface area contributed by atoms with Gasteiger partial charge in [0.1, 0.15) is 6.04 Å². The van der Waals surface area contributed by atoms with Crippen molar-refractivity contribution >= 4 is 29.2 Å². The molecule has 17 heavy (non-hydrogen) atoms. The summed E-state index contributed by atoms with van der Waals surface area (Å²) in [6, 6.07) is 3.97. The number of methoxy groups -OCH3 is 1. The third-order valence-corrected chi connectivity index (χ3v) is 2.51. The minimum absolute atomic E-state index is 0.314. The van der Waals surface area contributed by atoms with Crippen molar-refractivity contribution in [2.45, 2.75) is 13.0 Å². The molecular weight excluding hydrogens is 244 g/mol. The smallest absolute Gasteiger partial charge is 0.327 e. The highest BCUT2D eigenvalue weighted by atomic mass is 35.5. The highest BCUT2D eigenvalue weighted by Gasteiger charge is 2.14. The molecule has 1 amide bonds. The van der Waals surface area contributed by atoms with Gasteiger partial charge in [-0.1, -0.05) is 11.6 Å². The van der Waals surface area contributed by atoms with Crippen molar-refractivity contribution in [3.63, 3.8) is 0 Å². The first-order chi connectivity index (χ1) is 7.95. The molecule has 0 aromatic heterocycles. The van der Waals surface area contributed by atoms with Gasteiger partial charge in [-0.2, -0.15) is 0 Å². The molecular formula is C11H13ClN2O3. The summed E-state index contributed by atoms with van der Waals surface area (Å²) in [6.45, 7) is 1.62. The van der Waals surface area contributed by atoms with Crippen molar-refractivity contribution in [3.05, 3.63) is 28.8 Å². The zero-order valence-corrected chi connectivity index (χ0v) is 10.2. The second-order valence-corrected chi connectivity index (χ2v) is 3.86. The largest absolute Gasteiger partial charge is 0.467 e. The van der Waals surface area contributed by atoms with Gasteiger partial charge in [-0.25, -0.2) is 4.79 Å². The van der Waals surface area contributed by atoms with Gasteiger partial charge in [-0.05, 0) is 25.1 Å². The van der Waals surface area contributed by atoms with Crippen LogP contribution in [0.3, 0.4) is 0 Å². The van der Waals surface area contributed by atoms with Crippen LogP contribution in [-0.4, -0.2) is 25.0 Å². The molecule has 1 rings (SSSR count). The number of anilines is 1. The molecule has 1 unspecified atom stereocenters. The minimum atomic E-state index is -0.569. The van der Waals surface area contributed by atoms with E-state index < -0.39 is 17.9 Å². The summed E-state index contributed by atoms with van der Waals surface area (Å²) in [5.41, 5.74) is 5.92. The molecule has 0 aliphatic carbocycles. The van der Waals surface area contributed by atoms with Crippen molar-refractivity contribution in [1.29, 1.82) is 0 Å². The summed E-state index contributed by atoms with van der Waals surface area (Å²) in [6.07, 6.45) is 0. The molecule has 1 aromatic rings. The Kier molecular flexibility index (Phi) is 4.34. The van der Waals surface area contributed by atoms with Crippen molar-refractivity contribution < 1.29 is 14.3 Å². The van der Waals surface area contributed by atoms with E-state index in [4.69, 9.17) is 17.3 Å². The number of primary amides is 1. The van der Waals surface area contributed by atoms with E-state index in [1.807, 2.05) is 0 Å². The van der Waals surface area contributed by atoms with Crippen LogP contribution in [0.25, 0.3) is 0 Å². The van der Waals surface area contributed by atoms with E-state index in [0.717, 1.165) is 0 Å². The van der Waals surface area contributed by atoms with E-state index in [1.165, 1.54) is 25.3 Å². The van der Waals surface area contributed by atoms with Crippen LogP contribution >= 0.6 is 11.6 Å². The molecule has 5 nitrogen and oxygen atoms in total. The lowest BCUT2D eigenvalue weighted by atomic mass is 10.2. The molecule has 0 saturated carbocycles. The van der Waals surface area contributed by atoms with Crippen LogP contribution < -0.4 is 11.1 Å². The van der Waals surface area contributed by atoms with Gasteiger partial charge in [0, 0.05) is 5.56 Å². The number of rotatable bonds is 4. The van der Waals surface area contributed by atoms with Crippen molar-refractivity contribution in [2.75, 3.05) is 12.4 Å². The summed E-state index contributed by atoms with van der Waals surface area (Å²) in [5, 5.41) is 3.24. The fourth-order valence-corrected chi connectivity index (χ4v) is 1.43. The molecule has 0 saturated heterocycles. The standard InChI is InChI=1S/C11H13ClN2O3/c1-6(11(16)17-2)14-9-5-7(10(13)15)3-4-8(9)12/h3-6,14H,1-2H3,(H2,13,15). The molecule has 0 bridgehead atoms. The first-order valence-corrected chi connectivity index (χ1v) is 5.27. The van der Waals surface area contributed by atoms with Gasteiger partial charge in [0.15, 0.2) is 0 Å². The van der Waals surface area contributed by atoms with Crippen LogP contribution in [-0.2, 0) is 9.53 Å². The van der Waals surface area contributed by atoms with Gasteiger partial charge in [0.25, 0.3) is 0 Å². The van der Waals surface area contributed by atoms with E-state index >= 15 is 0 Å². The summed E-state index contributed by atoms with van der Waals surface area (Å²) >= 11 is 5.93. The molecule has 0 fully saturated rings. The fraction of sp³-hybridized carbons (Fsp3) is 0.273. The Labute approximate surface area is 104 Å². The van der Waals surface area contributed by atoms with Gasteiger partial charge in [-0.15, -0.1) is 0 Å². The Morgan fingerprint density at radius 2 is 2.12 bits per heavy atom. The lowest BCUT2D eigenvalue weighted by Crippen LogP contribution is -2.27. The Bertz CT molecular complexity index is 448. The average Bonchev–Trinajstić information content (AvgIpc) is 2.30. The van der Waals surface area contributed by atoms with Crippen molar-refractivity contribution in [3.8, 4) is 0 Å². The molecule has 1 atom stereocenters. The number of ether oxygens (including phenoxy) is 1. The molecule has 1 aromatic carbocycles. The minimum Gasteiger partial charge on any atom is -0.467 e. The van der Waals surface area contributed by atoms with E-state index in [1.54, 1.807) is 6.92 Å². The second-order valence-electron chi connectivity index (χ2n) is 3.45. The van der Waals surface area contributed by atoms with Crippen LogP contribution in [0.4, 0.5) is 5.69 Å². The summed E-state index contributed by atoms with van der Waals surface area (Å²) in [4.78, 5) is 22.2. The highest BCUT2D eigenvalue weighted by molar-refractivity contribution is 6.33. The van der Waals surface area contributed by atoms with Gasteiger partial charge < -0.3 is 15.8 Å². The maximum Gasteiger partial charge on any atom is 0.327 e. The number of nitrogens with one attached hydrogen (secondary N) is 1. The number of carbonyl (C=O) groups is 2. The van der Waals surface area contributed by atoms with Gasteiger partial charge in [-0.3, -0.25) is 4.79 Å². The van der Waals surface area contributed by atoms with E-state index in [-0.39, 0.29) is 0 Å². The Morgan fingerprint density at radius 1 is 1.47 bits per heavy atom. The Balaban J connectivity index is 2.93.